The van der Waals surface area contributed by atoms with Crippen LogP contribution in [0.2, 0.25) is 0 Å². The lowest BCUT2D eigenvalue weighted by atomic mass is 10.2. The normalized spacial score (nSPS) is 11.4. The van der Waals surface area contributed by atoms with Crippen molar-refractivity contribution in [1.29, 1.82) is 0 Å². The molecule has 9 nitrogen and oxygen atoms in total. The molecule has 1 aromatic carbocycles. The minimum absolute atomic E-state index is 0.0320. The van der Waals surface area contributed by atoms with E-state index in [4.69, 9.17) is 4.74 Å². The molecule has 0 aromatic heterocycles. The lowest BCUT2D eigenvalue weighted by molar-refractivity contribution is -0.147. The quantitative estimate of drug-likeness (QED) is 0.477. The van der Waals surface area contributed by atoms with Crippen LogP contribution in [0.4, 0.5) is 0 Å². The van der Waals surface area contributed by atoms with Gasteiger partial charge in [0.15, 0.2) is 6.61 Å². The first-order valence-electron chi connectivity index (χ1n) is 8.84. The van der Waals surface area contributed by atoms with Gasteiger partial charge < -0.3 is 15.4 Å². The minimum atomic E-state index is -3.65. The highest BCUT2D eigenvalue weighted by Crippen LogP contribution is 2.11. The van der Waals surface area contributed by atoms with Crippen LogP contribution < -0.4 is 15.4 Å². The second kappa shape index (κ2) is 10.8. The molecule has 3 N–H and O–H groups in total. The number of benzene rings is 1. The molecule has 0 aliphatic carbocycles. The van der Waals surface area contributed by atoms with Gasteiger partial charge in [-0.1, -0.05) is 13.8 Å². The van der Waals surface area contributed by atoms with Gasteiger partial charge in [-0.15, -0.1) is 0 Å². The van der Waals surface area contributed by atoms with Gasteiger partial charge in [-0.05, 0) is 44.0 Å². The Balaban J connectivity index is 2.49. The molecule has 0 radical (unpaired) electrons. The van der Waals surface area contributed by atoms with E-state index in [-0.39, 0.29) is 22.4 Å². The molecule has 0 atom stereocenters. The maximum Gasteiger partial charge on any atom is 0.325 e. The SMILES string of the molecule is CC(C)CNC(=O)COC(=O)CNC(=O)c1ccc(S(=O)(=O)NC(C)C)cc1. The topological polar surface area (TPSA) is 131 Å². The summed E-state index contributed by atoms with van der Waals surface area (Å²) < 4.78 is 31.3. The van der Waals surface area contributed by atoms with Crippen LogP contribution in [0.1, 0.15) is 38.1 Å². The van der Waals surface area contributed by atoms with E-state index in [0.29, 0.717) is 6.54 Å². The van der Waals surface area contributed by atoms with Crippen molar-refractivity contribution in [3.63, 3.8) is 0 Å². The number of sulfonamides is 1. The molecule has 0 unspecified atom stereocenters. The van der Waals surface area contributed by atoms with Crippen molar-refractivity contribution in [3.05, 3.63) is 29.8 Å². The van der Waals surface area contributed by atoms with Gasteiger partial charge >= 0.3 is 5.97 Å². The third-order valence-corrected chi connectivity index (χ3v) is 4.96. The molecule has 0 bridgehead atoms. The molecule has 28 heavy (non-hydrogen) atoms. The van der Waals surface area contributed by atoms with Crippen LogP contribution in [0, 0.1) is 5.92 Å². The zero-order chi connectivity index (χ0) is 21.3. The van der Waals surface area contributed by atoms with Gasteiger partial charge in [0, 0.05) is 18.2 Å². The van der Waals surface area contributed by atoms with Crippen molar-refractivity contribution in [3.8, 4) is 0 Å². The Bertz CT molecular complexity index is 788. The van der Waals surface area contributed by atoms with Gasteiger partial charge in [0.1, 0.15) is 6.54 Å². The van der Waals surface area contributed by atoms with Crippen molar-refractivity contribution in [1.82, 2.24) is 15.4 Å². The zero-order valence-electron chi connectivity index (χ0n) is 16.4. The summed E-state index contributed by atoms with van der Waals surface area (Å²) in [4.78, 5) is 35.1. The van der Waals surface area contributed by atoms with E-state index in [0.717, 1.165) is 0 Å². The Morgan fingerprint density at radius 1 is 1.00 bits per heavy atom. The number of hydrogen-bond donors (Lipinski definition) is 3. The zero-order valence-corrected chi connectivity index (χ0v) is 17.3. The fourth-order valence-electron chi connectivity index (χ4n) is 1.98. The van der Waals surface area contributed by atoms with Crippen LogP contribution in [-0.2, 0) is 24.3 Å². The Labute approximate surface area is 165 Å². The number of ether oxygens (including phenoxy) is 1. The molecule has 0 spiro atoms. The van der Waals surface area contributed by atoms with Crippen molar-refractivity contribution in [2.45, 2.75) is 38.6 Å². The summed E-state index contributed by atoms with van der Waals surface area (Å²) in [5.74, 6) is -1.46. The number of nitrogens with one attached hydrogen (secondary N) is 3. The van der Waals surface area contributed by atoms with Gasteiger partial charge in [0.05, 0.1) is 4.90 Å². The van der Waals surface area contributed by atoms with Crippen LogP contribution in [0.25, 0.3) is 0 Å². The molecule has 0 saturated carbocycles. The summed E-state index contributed by atoms with van der Waals surface area (Å²) >= 11 is 0. The summed E-state index contributed by atoms with van der Waals surface area (Å²) in [6.07, 6.45) is 0. The van der Waals surface area contributed by atoms with Crippen LogP contribution >= 0.6 is 0 Å². The molecule has 1 rings (SSSR count). The Kier molecular flexibility index (Phi) is 9.07. The van der Waals surface area contributed by atoms with Gasteiger partial charge in [-0.2, -0.15) is 0 Å². The molecule has 156 valence electrons. The fraction of sp³-hybridized carbons (Fsp3) is 0.500. The predicted octanol–water partition coefficient (Wildman–Crippen LogP) is 0.419. The lowest BCUT2D eigenvalue weighted by Crippen LogP contribution is -2.35. The van der Waals surface area contributed by atoms with E-state index in [1.165, 1.54) is 24.3 Å². The Morgan fingerprint density at radius 2 is 1.61 bits per heavy atom. The Morgan fingerprint density at radius 3 is 2.14 bits per heavy atom. The third kappa shape index (κ3) is 8.49. The number of hydrogen-bond acceptors (Lipinski definition) is 6. The van der Waals surface area contributed by atoms with Gasteiger partial charge in [0.2, 0.25) is 10.0 Å². The average Bonchev–Trinajstić information content (AvgIpc) is 2.61. The maximum absolute atomic E-state index is 12.0. The summed E-state index contributed by atoms with van der Waals surface area (Å²) in [5, 5.41) is 4.95. The van der Waals surface area contributed by atoms with Gasteiger partial charge in [0.25, 0.3) is 11.8 Å². The number of carbonyl (C=O) groups excluding carboxylic acids is 3. The number of carbonyl (C=O) groups is 3. The summed E-state index contributed by atoms with van der Waals surface area (Å²) in [7, 11) is -3.65. The first-order chi connectivity index (χ1) is 13.0. The monoisotopic (exact) mass is 413 g/mol. The van der Waals surface area contributed by atoms with Crippen LogP contribution in [0.5, 0.6) is 0 Å². The molecular formula is C18H27N3O6S. The highest BCUT2D eigenvalue weighted by atomic mass is 32.2. The molecule has 2 amide bonds. The molecule has 10 heteroatoms. The largest absolute Gasteiger partial charge is 0.454 e. The van der Waals surface area contributed by atoms with Crippen molar-refractivity contribution >= 4 is 27.8 Å². The van der Waals surface area contributed by atoms with E-state index in [1.54, 1.807) is 13.8 Å². The number of amides is 2. The highest BCUT2D eigenvalue weighted by molar-refractivity contribution is 7.89. The molecular weight excluding hydrogens is 386 g/mol. The maximum atomic E-state index is 12.0. The minimum Gasteiger partial charge on any atom is -0.454 e. The second-order valence-electron chi connectivity index (χ2n) is 6.84. The fourth-order valence-corrected chi connectivity index (χ4v) is 3.24. The van der Waals surface area contributed by atoms with Crippen molar-refractivity contribution < 1.29 is 27.5 Å². The van der Waals surface area contributed by atoms with E-state index in [1.807, 2.05) is 13.8 Å². The van der Waals surface area contributed by atoms with Gasteiger partial charge in [-0.25, -0.2) is 13.1 Å². The number of esters is 1. The average molecular weight is 413 g/mol. The van der Waals surface area contributed by atoms with E-state index in [9.17, 15) is 22.8 Å². The Hall–Kier alpha value is -2.46. The smallest absolute Gasteiger partial charge is 0.325 e. The first-order valence-corrected chi connectivity index (χ1v) is 10.3. The number of rotatable bonds is 10. The lowest BCUT2D eigenvalue weighted by Gasteiger charge is -2.10. The standard InChI is InChI=1S/C18H27N3O6S/c1-12(2)9-19-16(22)11-27-17(23)10-20-18(24)14-5-7-15(8-6-14)28(25,26)21-13(3)4/h5-8,12-13,21H,9-11H2,1-4H3,(H,19,22)(H,20,24). The van der Waals surface area contributed by atoms with Crippen LogP contribution in [0.15, 0.2) is 29.2 Å². The second-order valence-corrected chi connectivity index (χ2v) is 8.56. The summed E-state index contributed by atoms with van der Waals surface area (Å²) in [6, 6.07) is 5.03. The molecule has 0 aliphatic rings. The van der Waals surface area contributed by atoms with Crippen LogP contribution in [-0.4, -0.2) is 51.9 Å². The van der Waals surface area contributed by atoms with E-state index < -0.39 is 41.0 Å². The van der Waals surface area contributed by atoms with E-state index in [2.05, 4.69) is 15.4 Å². The van der Waals surface area contributed by atoms with Crippen LogP contribution in [0.3, 0.4) is 0 Å². The molecule has 0 aliphatic heterocycles. The predicted molar refractivity (Wildman–Crippen MR) is 103 cm³/mol. The van der Waals surface area contributed by atoms with Crippen molar-refractivity contribution in [2.75, 3.05) is 19.7 Å². The summed E-state index contributed by atoms with van der Waals surface area (Å²) in [5.41, 5.74) is 0.186. The first kappa shape index (κ1) is 23.6. The van der Waals surface area contributed by atoms with E-state index >= 15 is 0 Å². The third-order valence-electron chi connectivity index (χ3n) is 3.28. The molecule has 0 saturated heterocycles. The molecule has 0 fully saturated rings. The molecule has 0 heterocycles. The van der Waals surface area contributed by atoms with Gasteiger partial charge in [-0.3, -0.25) is 14.4 Å². The van der Waals surface area contributed by atoms with Crippen molar-refractivity contribution in [2.24, 2.45) is 5.92 Å². The summed E-state index contributed by atoms with van der Waals surface area (Å²) in [6.45, 7) is 6.92. The molecule has 1 aromatic rings. The highest BCUT2D eigenvalue weighted by Gasteiger charge is 2.16.